The third-order valence-electron chi connectivity index (χ3n) is 3.27. The van der Waals surface area contributed by atoms with Gasteiger partial charge in [0.25, 0.3) is 0 Å². The summed E-state index contributed by atoms with van der Waals surface area (Å²) in [7, 11) is 0. The van der Waals surface area contributed by atoms with E-state index in [1.807, 2.05) is 6.07 Å². The molecule has 0 unspecified atom stereocenters. The minimum Gasteiger partial charge on any atom is -0.326 e. The third kappa shape index (κ3) is 2.86. The maximum atomic E-state index is 11.3. The summed E-state index contributed by atoms with van der Waals surface area (Å²) in [6.07, 6.45) is 2.45. The van der Waals surface area contributed by atoms with Crippen molar-refractivity contribution < 1.29 is 4.79 Å². The molecule has 1 saturated carbocycles. The van der Waals surface area contributed by atoms with Crippen LogP contribution >= 0.6 is 11.6 Å². The van der Waals surface area contributed by atoms with Gasteiger partial charge in [-0.25, -0.2) is 0 Å². The van der Waals surface area contributed by atoms with Gasteiger partial charge in [-0.2, -0.15) is 0 Å². The monoisotopic (exact) mass is 265 g/mol. The van der Waals surface area contributed by atoms with Crippen molar-refractivity contribution in [2.24, 2.45) is 0 Å². The molecule has 1 fully saturated rings. The number of benzene rings is 1. The summed E-state index contributed by atoms with van der Waals surface area (Å²) >= 11 is 6.32. The first-order chi connectivity index (χ1) is 8.29. The molecule has 3 heteroatoms. The molecule has 1 aromatic rings. The van der Waals surface area contributed by atoms with Crippen LogP contribution in [0, 0.1) is 0 Å². The fourth-order valence-corrected chi connectivity index (χ4v) is 2.53. The van der Waals surface area contributed by atoms with Crippen LogP contribution in [0.4, 0.5) is 5.69 Å². The number of amides is 1. The summed E-state index contributed by atoms with van der Waals surface area (Å²) in [6, 6.07) is 4.07. The van der Waals surface area contributed by atoms with Crippen LogP contribution < -0.4 is 5.32 Å². The molecule has 1 aliphatic rings. The molecule has 0 aromatic heterocycles. The van der Waals surface area contributed by atoms with Crippen molar-refractivity contribution in [2.75, 3.05) is 5.32 Å². The SMILES string of the molecule is CC(=O)Nc1cc(Cl)c(C2CC2)cc1C(C)(C)C. The van der Waals surface area contributed by atoms with Gasteiger partial charge in [0.1, 0.15) is 0 Å². The fraction of sp³-hybridized carbons (Fsp3) is 0.533. The standard InChI is InChI=1S/C15H20ClNO/c1-9(18)17-14-8-13(16)11(10-5-6-10)7-12(14)15(2,3)4/h7-8,10H,5-6H2,1-4H3,(H,17,18). The number of hydrogen-bond acceptors (Lipinski definition) is 1. The van der Waals surface area contributed by atoms with E-state index in [4.69, 9.17) is 11.6 Å². The van der Waals surface area contributed by atoms with Gasteiger partial charge in [-0.3, -0.25) is 4.79 Å². The highest BCUT2D eigenvalue weighted by Crippen LogP contribution is 2.46. The van der Waals surface area contributed by atoms with Gasteiger partial charge < -0.3 is 5.32 Å². The Labute approximate surface area is 114 Å². The van der Waals surface area contributed by atoms with Crippen LogP contribution in [-0.2, 0) is 10.2 Å². The molecule has 0 radical (unpaired) electrons. The molecular formula is C15H20ClNO. The second-order valence-electron chi connectivity index (χ2n) is 6.12. The number of carbonyl (C=O) groups is 1. The van der Waals surface area contributed by atoms with Crippen LogP contribution in [0.5, 0.6) is 0 Å². The molecule has 1 aromatic carbocycles. The van der Waals surface area contributed by atoms with E-state index < -0.39 is 0 Å². The van der Waals surface area contributed by atoms with E-state index in [9.17, 15) is 4.79 Å². The van der Waals surface area contributed by atoms with Crippen molar-refractivity contribution in [1.29, 1.82) is 0 Å². The van der Waals surface area contributed by atoms with E-state index in [0.717, 1.165) is 16.3 Å². The van der Waals surface area contributed by atoms with Crippen molar-refractivity contribution in [3.05, 3.63) is 28.3 Å². The fourth-order valence-electron chi connectivity index (χ4n) is 2.21. The summed E-state index contributed by atoms with van der Waals surface area (Å²) in [6.45, 7) is 7.98. The van der Waals surface area contributed by atoms with Crippen molar-refractivity contribution in [3.63, 3.8) is 0 Å². The third-order valence-corrected chi connectivity index (χ3v) is 3.60. The Morgan fingerprint density at radius 2 is 1.94 bits per heavy atom. The van der Waals surface area contributed by atoms with Gasteiger partial charge in [0.15, 0.2) is 0 Å². The zero-order valence-corrected chi connectivity index (χ0v) is 12.2. The van der Waals surface area contributed by atoms with Crippen molar-refractivity contribution in [2.45, 2.75) is 51.9 Å². The van der Waals surface area contributed by atoms with E-state index in [2.05, 4.69) is 32.2 Å². The lowest BCUT2D eigenvalue weighted by Crippen LogP contribution is -2.17. The average Bonchev–Trinajstić information content (AvgIpc) is 2.98. The smallest absolute Gasteiger partial charge is 0.221 e. The summed E-state index contributed by atoms with van der Waals surface area (Å²) in [4.78, 5) is 11.3. The van der Waals surface area contributed by atoms with E-state index in [-0.39, 0.29) is 11.3 Å². The van der Waals surface area contributed by atoms with Crippen molar-refractivity contribution in [1.82, 2.24) is 0 Å². The van der Waals surface area contributed by atoms with Crippen LogP contribution in [0.2, 0.25) is 5.02 Å². The Hall–Kier alpha value is -1.02. The van der Waals surface area contributed by atoms with Crippen molar-refractivity contribution >= 4 is 23.2 Å². The normalized spacial score (nSPS) is 15.6. The zero-order chi connectivity index (χ0) is 13.5. The molecule has 0 bridgehead atoms. The van der Waals surface area contributed by atoms with Crippen LogP contribution in [0.3, 0.4) is 0 Å². The molecule has 0 atom stereocenters. The largest absolute Gasteiger partial charge is 0.326 e. The summed E-state index contributed by atoms with van der Waals surface area (Å²) in [5, 5.41) is 3.66. The molecule has 0 spiro atoms. The Morgan fingerprint density at radius 1 is 1.33 bits per heavy atom. The lowest BCUT2D eigenvalue weighted by atomic mass is 9.84. The highest BCUT2D eigenvalue weighted by molar-refractivity contribution is 6.31. The molecule has 98 valence electrons. The van der Waals surface area contributed by atoms with Gasteiger partial charge in [-0.05, 0) is 41.4 Å². The first-order valence-corrected chi connectivity index (χ1v) is 6.78. The van der Waals surface area contributed by atoms with Gasteiger partial charge in [0, 0.05) is 17.6 Å². The number of hydrogen-bond donors (Lipinski definition) is 1. The summed E-state index contributed by atoms with van der Waals surface area (Å²) < 4.78 is 0. The number of rotatable bonds is 2. The first kappa shape index (κ1) is 13.4. The second kappa shape index (κ2) is 4.58. The number of nitrogens with one attached hydrogen (secondary N) is 1. The summed E-state index contributed by atoms with van der Waals surface area (Å²) in [5.41, 5.74) is 3.22. The number of anilines is 1. The average molecular weight is 266 g/mol. The molecule has 1 N–H and O–H groups in total. The highest BCUT2D eigenvalue weighted by Gasteiger charge is 2.29. The van der Waals surface area contributed by atoms with E-state index in [1.165, 1.54) is 25.3 Å². The quantitative estimate of drug-likeness (QED) is 0.840. The molecular weight excluding hydrogens is 246 g/mol. The Kier molecular flexibility index (Phi) is 3.41. The predicted octanol–water partition coefficient (Wildman–Crippen LogP) is 4.47. The molecule has 18 heavy (non-hydrogen) atoms. The Balaban J connectivity index is 2.50. The van der Waals surface area contributed by atoms with Gasteiger partial charge in [-0.1, -0.05) is 38.4 Å². The minimum atomic E-state index is -0.0595. The van der Waals surface area contributed by atoms with E-state index >= 15 is 0 Å². The van der Waals surface area contributed by atoms with Crippen LogP contribution in [0.15, 0.2) is 12.1 Å². The van der Waals surface area contributed by atoms with E-state index in [1.54, 1.807) is 0 Å². The maximum Gasteiger partial charge on any atom is 0.221 e. The molecule has 2 rings (SSSR count). The van der Waals surface area contributed by atoms with Crippen molar-refractivity contribution in [3.8, 4) is 0 Å². The molecule has 1 amide bonds. The minimum absolute atomic E-state index is 0.00792. The Bertz CT molecular complexity index is 484. The molecule has 1 aliphatic carbocycles. The van der Waals surface area contributed by atoms with Crippen LogP contribution in [0.25, 0.3) is 0 Å². The van der Waals surface area contributed by atoms with Gasteiger partial charge in [0.2, 0.25) is 5.91 Å². The maximum absolute atomic E-state index is 11.3. The highest BCUT2D eigenvalue weighted by atomic mass is 35.5. The predicted molar refractivity (Wildman–Crippen MR) is 76.4 cm³/mol. The Morgan fingerprint density at radius 3 is 2.39 bits per heavy atom. The lowest BCUT2D eigenvalue weighted by molar-refractivity contribution is -0.114. The topological polar surface area (TPSA) is 29.1 Å². The zero-order valence-electron chi connectivity index (χ0n) is 11.4. The van der Waals surface area contributed by atoms with E-state index in [0.29, 0.717) is 5.92 Å². The molecule has 0 heterocycles. The number of halogens is 1. The first-order valence-electron chi connectivity index (χ1n) is 6.40. The van der Waals surface area contributed by atoms with Gasteiger partial charge in [0.05, 0.1) is 0 Å². The number of carbonyl (C=O) groups excluding carboxylic acids is 1. The molecule has 0 aliphatic heterocycles. The second-order valence-corrected chi connectivity index (χ2v) is 6.53. The summed E-state index contributed by atoms with van der Waals surface area (Å²) in [5.74, 6) is 0.556. The van der Waals surface area contributed by atoms with Crippen LogP contribution in [-0.4, -0.2) is 5.91 Å². The lowest BCUT2D eigenvalue weighted by Gasteiger charge is -2.24. The van der Waals surface area contributed by atoms with Gasteiger partial charge in [-0.15, -0.1) is 0 Å². The van der Waals surface area contributed by atoms with Crippen LogP contribution in [0.1, 0.15) is 57.6 Å². The molecule has 2 nitrogen and oxygen atoms in total. The molecule has 0 saturated heterocycles. The van der Waals surface area contributed by atoms with Gasteiger partial charge >= 0.3 is 0 Å².